The largest absolute Gasteiger partial charge is 0.294 e. The van der Waals surface area contributed by atoms with Gasteiger partial charge in [-0.2, -0.15) is 0 Å². The number of hydrogen-bond donors (Lipinski definition) is 0. The monoisotopic (exact) mass is 242 g/mol. The molecule has 2 aliphatic rings. The number of hydrogen-bond acceptors (Lipinski definition) is 1. The molecule has 0 amide bonds. The molecule has 0 radical (unpaired) electrons. The summed E-state index contributed by atoms with van der Waals surface area (Å²) in [6.07, 6.45) is 9.94. The van der Waals surface area contributed by atoms with E-state index in [9.17, 15) is 4.79 Å². The van der Waals surface area contributed by atoms with Crippen molar-refractivity contribution in [1.29, 1.82) is 0 Å². The van der Waals surface area contributed by atoms with Crippen molar-refractivity contribution in [3.63, 3.8) is 0 Å². The molecule has 0 N–H and O–H groups in total. The van der Waals surface area contributed by atoms with Crippen LogP contribution in [0.4, 0.5) is 0 Å². The Kier molecular flexibility index (Phi) is 3.49. The Hall–Kier alpha value is -1.11. The summed E-state index contributed by atoms with van der Waals surface area (Å²) in [5.41, 5.74) is 2.35. The Bertz CT molecular complexity index is 408. The van der Waals surface area contributed by atoms with Crippen molar-refractivity contribution in [3.8, 4) is 0 Å². The lowest BCUT2D eigenvalue weighted by atomic mass is 9.80. The van der Waals surface area contributed by atoms with Gasteiger partial charge >= 0.3 is 0 Å². The molecule has 0 bridgehead atoms. The molecule has 18 heavy (non-hydrogen) atoms. The molecule has 3 rings (SSSR count). The Morgan fingerprint density at radius 3 is 2.17 bits per heavy atom. The third kappa shape index (κ3) is 2.50. The SMILES string of the molecule is O=C(CC1CCCC1)c1ccc(C2CCC2)cc1. The van der Waals surface area contributed by atoms with Gasteiger partial charge in [-0.05, 0) is 30.2 Å². The molecule has 0 aromatic heterocycles. The van der Waals surface area contributed by atoms with Crippen LogP contribution in [0.25, 0.3) is 0 Å². The Labute approximate surface area is 110 Å². The Morgan fingerprint density at radius 2 is 1.61 bits per heavy atom. The van der Waals surface area contributed by atoms with Crippen molar-refractivity contribution in [1.82, 2.24) is 0 Å². The van der Waals surface area contributed by atoms with E-state index in [2.05, 4.69) is 12.1 Å². The first-order valence-corrected chi connectivity index (χ1v) is 7.46. The molecular formula is C17H22O. The minimum Gasteiger partial charge on any atom is -0.294 e. The number of benzene rings is 1. The van der Waals surface area contributed by atoms with Gasteiger partial charge in [0, 0.05) is 12.0 Å². The molecule has 0 unspecified atom stereocenters. The predicted molar refractivity (Wildman–Crippen MR) is 73.9 cm³/mol. The maximum atomic E-state index is 12.2. The van der Waals surface area contributed by atoms with Gasteiger partial charge in [-0.25, -0.2) is 0 Å². The standard InChI is InChI=1S/C17H22O/c18-17(12-13-4-1-2-5-13)16-10-8-15(9-11-16)14-6-3-7-14/h8-11,13-14H,1-7,12H2. The molecule has 1 nitrogen and oxygen atoms in total. The summed E-state index contributed by atoms with van der Waals surface area (Å²) in [4.78, 5) is 12.2. The van der Waals surface area contributed by atoms with Gasteiger partial charge in [0.1, 0.15) is 0 Å². The zero-order valence-corrected chi connectivity index (χ0v) is 11.0. The Balaban J connectivity index is 1.62. The molecular weight excluding hydrogens is 220 g/mol. The van der Waals surface area contributed by atoms with Gasteiger partial charge < -0.3 is 0 Å². The fourth-order valence-electron chi connectivity index (χ4n) is 3.28. The molecule has 0 atom stereocenters. The molecule has 96 valence electrons. The Morgan fingerprint density at radius 1 is 0.944 bits per heavy atom. The van der Waals surface area contributed by atoms with Gasteiger partial charge in [0.2, 0.25) is 0 Å². The average molecular weight is 242 g/mol. The van der Waals surface area contributed by atoms with Gasteiger partial charge in [0.15, 0.2) is 5.78 Å². The van der Waals surface area contributed by atoms with Crippen molar-refractivity contribution in [2.45, 2.75) is 57.3 Å². The van der Waals surface area contributed by atoms with Gasteiger partial charge in [-0.3, -0.25) is 4.79 Å². The molecule has 1 aromatic carbocycles. The van der Waals surface area contributed by atoms with E-state index in [-0.39, 0.29) is 0 Å². The molecule has 0 saturated heterocycles. The minimum absolute atomic E-state index is 0.349. The molecule has 1 aromatic rings. The second kappa shape index (κ2) is 5.26. The molecule has 0 heterocycles. The van der Waals surface area contributed by atoms with Crippen LogP contribution in [0.2, 0.25) is 0 Å². The van der Waals surface area contributed by atoms with E-state index < -0.39 is 0 Å². The lowest BCUT2D eigenvalue weighted by molar-refractivity contribution is 0.0962. The van der Waals surface area contributed by atoms with Crippen LogP contribution in [0.5, 0.6) is 0 Å². The highest BCUT2D eigenvalue weighted by Crippen LogP contribution is 2.36. The topological polar surface area (TPSA) is 17.1 Å². The lowest BCUT2D eigenvalue weighted by Gasteiger charge is -2.25. The fourth-order valence-corrected chi connectivity index (χ4v) is 3.28. The van der Waals surface area contributed by atoms with E-state index in [0.29, 0.717) is 11.7 Å². The summed E-state index contributed by atoms with van der Waals surface area (Å²) in [6.45, 7) is 0. The summed E-state index contributed by atoms with van der Waals surface area (Å²) in [5.74, 6) is 1.77. The van der Waals surface area contributed by atoms with Crippen LogP contribution in [0, 0.1) is 5.92 Å². The number of carbonyl (C=O) groups excluding carboxylic acids is 1. The summed E-state index contributed by atoms with van der Waals surface area (Å²) in [6, 6.07) is 8.44. The van der Waals surface area contributed by atoms with Crippen molar-refractivity contribution >= 4 is 5.78 Å². The molecule has 2 saturated carbocycles. The number of ketones is 1. The van der Waals surface area contributed by atoms with E-state index in [4.69, 9.17) is 0 Å². The van der Waals surface area contributed by atoms with Crippen molar-refractivity contribution < 1.29 is 4.79 Å². The van der Waals surface area contributed by atoms with E-state index in [1.165, 1.54) is 50.5 Å². The summed E-state index contributed by atoms with van der Waals surface area (Å²) >= 11 is 0. The molecule has 0 aliphatic heterocycles. The summed E-state index contributed by atoms with van der Waals surface area (Å²) in [7, 11) is 0. The van der Waals surface area contributed by atoms with Crippen molar-refractivity contribution in [2.24, 2.45) is 5.92 Å². The average Bonchev–Trinajstić information content (AvgIpc) is 2.80. The van der Waals surface area contributed by atoms with Crippen molar-refractivity contribution in [3.05, 3.63) is 35.4 Å². The fraction of sp³-hybridized carbons (Fsp3) is 0.588. The summed E-state index contributed by atoms with van der Waals surface area (Å²) < 4.78 is 0. The van der Waals surface area contributed by atoms with Crippen LogP contribution in [-0.4, -0.2) is 5.78 Å². The molecule has 1 heteroatoms. The van der Waals surface area contributed by atoms with Crippen LogP contribution in [-0.2, 0) is 0 Å². The third-order valence-electron chi connectivity index (χ3n) is 4.76. The van der Waals surface area contributed by atoms with E-state index in [1.54, 1.807) is 0 Å². The van der Waals surface area contributed by atoms with Gasteiger partial charge in [0.25, 0.3) is 0 Å². The zero-order chi connectivity index (χ0) is 12.4. The maximum absolute atomic E-state index is 12.2. The van der Waals surface area contributed by atoms with Crippen LogP contribution in [0.1, 0.15) is 73.2 Å². The van der Waals surface area contributed by atoms with Crippen LogP contribution >= 0.6 is 0 Å². The number of Topliss-reactive ketones (excluding diaryl/α,β-unsaturated/α-hetero) is 1. The highest BCUT2D eigenvalue weighted by Gasteiger charge is 2.21. The highest BCUT2D eigenvalue weighted by atomic mass is 16.1. The van der Waals surface area contributed by atoms with E-state index in [1.807, 2.05) is 12.1 Å². The van der Waals surface area contributed by atoms with Gasteiger partial charge in [0.05, 0.1) is 0 Å². The summed E-state index contributed by atoms with van der Waals surface area (Å²) in [5, 5.41) is 0. The lowest BCUT2D eigenvalue weighted by Crippen LogP contribution is -2.09. The van der Waals surface area contributed by atoms with Crippen LogP contribution in [0.3, 0.4) is 0 Å². The highest BCUT2D eigenvalue weighted by molar-refractivity contribution is 5.96. The first-order chi connectivity index (χ1) is 8.83. The maximum Gasteiger partial charge on any atom is 0.163 e. The first kappa shape index (κ1) is 12.0. The second-order valence-corrected chi connectivity index (χ2v) is 6.03. The normalized spacial score (nSPS) is 20.9. The van der Waals surface area contributed by atoms with Gasteiger partial charge in [-0.15, -0.1) is 0 Å². The minimum atomic E-state index is 0.349. The quantitative estimate of drug-likeness (QED) is 0.698. The van der Waals surface area contributed by atoms with Crippen molar-refractivity contribution in [2.75, 3.05) is 0 Å². The zero-order valence-electron chi connectivity index (χ0n) is 11.0. The first-order valence-electron chi connectivity index (χ1n) is 7.46. The van der Waals surface area contributed by atoms with Gasteiger partial charge in [-0.1, -0.05) is 56.4 Å². The van der Waals surface area contributed by atoms with Crippen LogP contribution in [0.15, 0.2) is 24.3 Å². The third-order valence-corrected chi connectivity index (χ3v) is 4.76. The number of carbonyl (C=O) groups is 1. The van der Waals surface area contributed by atoms with E-state index >= 15 is 0 Å². The van der Waals surface area contributed by atoms with Crippen LogP contribution < -0.4 is 0 Å². The second-order valence-electron chi connectivity index (χ2n) is 6.03. The number of rotatable bonds is 4. The smallest absolute Gasteiger partial charge is 0.163 e. The predicted octanol–water partition coefficient (Wildman–Crippen LogP) is 4.72. The van der Waals surface area contributed by atoms with E-state index in [0.717, 1.165) is 17.9 Å². The molecule has 2 aliphatic carbocycles. The molecule has 2 fully saturated rings. The molecule has 0 spiro atoms.